The molecule has 1 rings (SSSR count). The lowest BCUT2D eigenvalue weighted by Gasteiger charge is -2.07. The monoisotopic (exact) mass is 249 g/mol. The molecule has 0 spiro atoms. The minimum Gasteiger partial charge on any atom is -0.456 e. The minimum absolute atomic E-state index is 0.0830. The van der Waals surface area contributed by atoms with Crippen LogP contribution in [0.15, 0.2) is 35.5 Å². The Hall–Kier alpha value is -1.84. The third kappa shape index (κ3) is 4.99. The highest BCUT2D eigenvalue weighted by Gasteiger charge is 2.14. The van der Waals surface area contributed by atoms with Crippen molar-refractivity contribution in [3.8, 4) is 0 Å². The Kier molecular flexibility index (Phi) is 5.91. The molecule has 0 aromatic heterocycles. The third-order valence-corrected chi connectivity index (χ3v) is 2.53. The van der Waals surface area contributed by atoms with Gasteiger partial charge in [0.25, 0.3) is 0 Å². The topological polar surface area (TPSA) is 58.9 Å². The van der Waals surface area contributed by atoms with E-state index in [1.165, 1.54) is 0 Å². The predicted octanol–water partition coefficient (Wildman–Crippen LogP) is 3.00. The van der Waals surface area contributed by atoms with Crippen LogP contribution in [0.3, 0.4) is 0 Å². The molecule has 0 saturated carbocycles. The molecule has 0 aliphatic carbocycles. The molecule has 0 heterocycles. The van der Waals surface area contributed by atoms with Gasteiger partial charge < -0.3 is 9.94 Å². The Balaban J connectivity index is 2.44. The zero-order valence-corrected chi connectivity index (χ0v) is 10.8. The fourth-order valence-electron chi connectivity index (χ4n) is 1.42. The Bertz CT molecular complexity index is 399. The Morgan fingerprint density at radius 2 is 2.00 bits per heavy atom. The van der Waals surface area contributed by atoms with Gasteiger partial charge in [0.15, 0.2) is 5.71 Å². The van der Waals surface area contributed by atoms with Gasteiger partial charge in [0.2, 0.25) is 0 Å². The van der Waals surface area contributed by atoms with Crippen molar-refractivity contribution in [2.45, 2.75) is 33.3 Å². The molecule has 18 heavy (non-hydrogen) atoms. The molecule has 1 aromatic carbocycles. The van der Waals surface area contributed by atoms with Gasteiger partial charge in [-0.3, -0.25) is 0 Å². The maximum absolute atomic E-state index is 11.6. The first-order valence-corrected chi connectivity index (χ1v) is 6.05. The van der Waals surface area contributed by atoms with Crippen molar-refractivity contribution in [1.82, 2.24) is 0 Å². The number of hydrogen-bond donors (Lipinski definition) is 1. The van der Waals surface area contributed by atoms with Crippen LogP contribution < -0.4 is 0 Å². The zero-order valence-electron chi connectivity index (χ0n) is 10.8. The SMILES string of the molecule is CC(C)CCC(=NO)C(=O)OCc1ccccc1. The molecule has 0 atom stereocenters. The molecule has 0 saturated heterocycles. The Morgan fingerprint density at radius 3 is 2.56 bits per heavy atom. The summed E-state index contributed by atoms with van der Waals surface area (Å²) in [5.41, 5.74) is 0.992. The fourth-order valence-corrected chi connectivity index (χ4v) is 1.42. The third-order valence-electron chi connectivity index (χ3n) is 2.53. The minimum atomic E-state index is -0.554. The van der Waals surface area contributed by atoms with Gasteiger partial charge in [-0.1, -0.05) is 49.3 Å². The van der Waals surface area contributed by atoms with Crippen LogP contribution in [0.4, 0.5) is 0 Å². The molecular weight excluding hydrogens is 230 g/mol. The predicted molar refractivity (Wildman–Crippen MR) is 69.5 cm³/mol. The van der Waals surface area contributed by atoms with Crippen molar-refractivity contribution >= 4 is 11.7 Å². The van der Waals surface area contributed by atoms with Gasteiger partial charge in [-0.05, 0) is 17.9 Å². The number of hydrogen-bond acceptors (Lipinski definition) is 4. The van der Waals surface area contributed by atoms with Crippen LogP contribution in [-0.2, 0) is 16.1 Å². The number of benzene rings is 1. The van der Waals surface area contributed by atoms with E-state index in [2.05, 4.69) is 5.16 Å². The number of nitrogens with zero attached hydrogens (tertiary/aromatic N) is 1. The van der Waals surface area contributed by atoms with Crippen LogP contribution in [0.25, 0.3) is 0 Å². The average molecular weight is 249 g/mol. The average Bonchev–Trinajstić information content (AvgIpc) is 2.38. The first kappa shape index (κ1) is 14.2. The molecule has 4 nitrogen and oxygen atoms in total. The van der Waals surface area contributed by atoms with E-state index in [1.807, 2.05) is 44.2 Å². The number of carbonyl (C=O) groups excluding carboxylic acids is 1. The second-order valence-electron chi connectivity index (χ2n) is 4.54. The van der Waals surface area contributed by atoms with Crippen LogP contribution >= 0.6 is 0 Å². The summed E-state index contributed by atoms with van der Waals surface area (Å²) in [6, 6.07) is 9.40. The van der Waals surface area contributed by atoms with E-state index in [4.69, 9.17) is 9.94 Å². The first-order valence-electron chi connectivity index (χ1n) is 6.05. The maximum Gasteiger partial charge on any atom is 0.356 e. The quantitative estimate of drug-likeness (QED) is 0.365. The lowest BCUT2D eigenvalue weighted by atomic mass is 10.1. The van der Waals surface area contributed by atoms with Crippen molar-refractivity contribution in [2.75, 3.05) is 0 Å². The van der Waals surface area contributed by atoms with Crippen molar-refractivity contribution in [3.05, 3.63) is 35.9 Å². The van der Waals surface area contributed by atoms with Gasteiger partial charge in [-0.15, -0.1) is 0 Å². The van der Waals surface area contributed by atoms with Gasteiger partial charge in [0.1, 0.15) is 6.61 Å². The zero-order chi connectivity index (χ0) is 13.4. The Labute approximate surface area is 107 Å². The van der Waals surface area contributed by atoms with E-state index < -0.39 is 5.97 Å². The number of oxime groups is 1. The van der Waals surface area contributed by atoms with Gasteiger partial charge in [0.05, 0.1) is 0 Å². The summed E-state index contributed by atoms with van der Waals surface area (Å²) in [6.45, 7) is 4.29. The summed E-state index contributed by atoms with van der Waals surface area (Å²) in [4.78, 5) is 11.6. The molecular formula is C14H19NO3. The first-order chi connectivity index (χ1) is 8.63. The summed E-state index contributed by atoms with van der Waals surface area (Å²) < 4.78 is 5.08. The van der Waals surface area contributed by atoms with Gasteiger partial charge in [-0.2, -0.15) is 0 Å². The molecule has 0 radical (unpaired) electrons. The molecule has 0 aliphatic heterocycles. The summed E-state index contributed by atoms with van der Waals surface area (Å²) in [5.74, 6) is -0.106. The van der Waals surface area contributed by atoms with Crippen LogP contribution in [0, 0.1) is 5.92 Å². The molecule has 1 aromatic rings. The van der Waals surface area contributed by atoms with Gasteiger partial charge in [0, 0.05) is 6.42 Å². The highest BCUT2D eigenvalue weighted by molar-refractivity contribution is 6.36. The molecule has 98 valence electrons. The molecule has 0 bridgehead atoms. The molecule has 0 aliphatic rings. The fraction of sp³-hybridized carbons (Fsp3) is 0.429. The smallest absolute Gasteiger partial charge is 0.356 e. The van der Waals surface area contributed by atoms with E-state index in [-0.39, 0.29) is 12.3 Å². The number of carbonyl (C=O) groups is 1. The standard InChI is InChI=1S/C14H19NO3/c1-11(2)8-9-13(15-17)14(16)18-10-12-6-4-3-5-7-12/h3-7,11,17H,8-10H2,1-2H3. The summed E-state index contributed by atoms with van der Waals surface area (Å²) in [5, 5.41) is 11.8. The Morgan fingerprint density at radius 1 is 1.33 bits per heavy atom. The largest absolute Gasteiger partial charge is 0.456 e. The highest BCUT2D eigenvalue weighted by atomic mass is 16.5. The number of rotatable bonds is 6. The van der Waals surface area contributed by atoms with Gasteiger partial charge in [-0.25, -0.2) is 4.79 Å². The lowest BCUT2D eigenvalue weighted by molar-refractivity contribution is -0.137. The van der Waals surface area contributed by atoms with Crippen molar-refractivity contribution < 1.29 is 14.7 Å². The molecule has 4 heteroatoms. The second kappa shape index (κ2) is 7.48. The van der Waals surface area contributed by atoms with Crippen molar-refractivity contribution in [2.24, 2.45) is 11.1 Å². The van der Waals surface area contributed by atoms with E-state index >= 15 is 0 Å². The molecule has 0 fully saturated rings. The van der Waals surface area contributed by atoms with Crippen LogP contribution in [0.2, 0.25) is 0 Å². The summed E-state index contributed by atoms with van der Waals surface area (Å²) in [7, 11) is 0. The van der Waals surface area contributed by atoms with E-state index in [1.54, 1.807) is 0 Å². The van der Waals surface area contributed by atoms with Crippen molar-refractivity contribution in [1.29, 1.82) is 0 Å². The molecule has 1 N–H and O–H groups in total. The lowest BCUT2D eigenvalue weighted by Crippen LogP contribution is -2.18. The van der Waals surface area contributed by atoms with E-state index in [0.29, 0.717) is 12.3 Å². The number of esters is 1. The highest BCUT2D eigenvalue weighted by Crippen LogP contribution is 2.07. The second-order valence-corrected chi connectivity index (χ2v) is 4.54. The van der Waals surface area contributed by atoms with Crippen molar-refractivity contribution in [3.63, 3.8) is 0 Å². The molecule has 0 unspecified atom stereocenters. The van der Waals surface area contributed by atoms with Crippen LogP contribution in [0.5, 0.6) is 0 Å². The number of ether oxygens (including phenoxy) is 1. The normalized spacial score (nSPS) is 11.6. The van der Waals surface area contributed by atoms with E-state index in [9.17, 15) is 4.79 Å². The summed E-state index contributed by atoms with van der Waals surface area (Å²) in [6.07, 6.45) is 1.22. The van der Waals surface area contributed by atoms with Crippen LogP contribution in [-0.4, -0.2) is 16.9 Å². The van der Waals surface area contributed by atoms with Crippen LogP contribution in [0.1, 0.15) is 32.3 Å². The van der Waals surface area contributed by atoms with Gasteiger partial charge >= 0.3 is 5.97 Å². The maximum atomic E-state index is 11.6. The van der Waals surface area contributed by atoms with E-state index in [0.717, 1.165) is 12.0 Å². The molecule has 0 amide bonds. The summed E-state index contributed by atoms with van der Waals surface area (Å²) >= 11 is 0.